The molecule has 1 aromatic heterocycles. The number of hydrogen-bond donors (Lipinski definition) is 1. The van der Waals surface area contributed by atoms with E-state index in [1.165, 1.54) is 0 Å². The maximum atomic E-state index is 13.0. The second-order valence-electron chi connectivity index (χ2n) is 6.98. The molecule has 3 aromatic rings. The number of nitroso groups, excluding NO2 is 1. The number of aromatic nitrogens is 1. The van der Waals surface area contributed by atoms with Crippen LogP contribution in [0.4, 0.5) is 0 Å². The minimum absolute atomic E-state index is 0.0163. The van der Waals surface area contributed by atoms with E-state index < -0.39 is 5.91 Å². The number of carbonyl (C=O) groups excluding carboxylic acids is 2. The first-order valence-electron chi connectivity index (χ1n) is 8.85. The maximum absolute atomic E-state index is 13.0. The van der Waals surface area contributed by atoms with Gasteiger partial charge in [0.2, 0.25) is 0 Å². The lowest BCUT2D eigenvalue weighted by atomic mass is 10.0. The van der Waals surface area contributed by atoms with E-state index in [0.717, 1.165) is 16.4 Å². The summed E-state index contributed by atoms with van der Waals surface area (Å²) in [5.74, 6) is -0.903. The quantitative estimate of drug-likeness (QED) is 0.704. The molecule has 0 aliphatic carbocycles. The van der Waals surface area contributed by atoms with Crippen LogP contribution in [-0.4, -0.2) is 47.0 Å². The summed E-state index contributed by atoms with van der Waals surface area (Å²) in [7, 11) is 0. The van der Waals surface area contributed by atoms with Crippen molar-refractivity contribution in [3.8, 4) is 0 Å². The van der Waals surface area contributed by atoms with Crippen molar-refractivity contribution >= 4 is 33.6 Å². The summed E-state index contributed by atoms with van der Waals surface area (Å²) in [6, 6.07) is 10.4. The summed E-state index contributed by atoms with van der Waals surface area (Å²) in [5.41, 5.74) is 2.27. The monoisotopic (exact) mass is 365 g/mol. The fourth-order valence-corrected chi connectivity index (χ4v) is 3.84. The van der Waals surface area contributed by atoms with Crippen LogP contribution < -0.4 is 0 Å². The van der Waals surface area contributed by atoms with E-state index >= 15 is 0 Å². The first-order chi connectivity index (χ1) is 13.0. The van der Waals surface area contributed by atoms with E-state index in [1.54, 1.807) is 29.2 Å². The number of benzene rings is 2. The lowest BCUT2D eigenvalue weighted by molar-refractivity contribution is -0.0586. The molecule has 138 valence electrons. The third kappa shape index (κ3) is 3.00. The van der Waals surface area contributed by atoms with Gasteiger partial charge in [-0.25, -0.2) is 0 Å². The van der Waals surface area contributed by atoms with E-state index in [1.807, 2.05) is 26.0 Å². The smallest absolute Gasteiger partial charge is 0.317 e. The molecular formula is C20H19N3O4. The van der Waals surface area contributed by atoms with E-state index in [2.05, 4.69) is 10.2 Å². The fraction of sp³-hybridized carbons (Fsp3) is 0.300. The Bertz CT molecular complexity index is 1060. The maximum Gasteiger partial charge on any atom is 0.317 e. The van der Waals surface area contributed by atoms with E-state index in [4.69, 9.17) is 4.74 Å². The zero-order valence-corrected chi connectivity index (χ0v) is 15.1. The molecule has 2 aromatic carbocycles. The predicted molar refractivity (Wildman–Crippen MR) is 102 cm³/mol. The number of H-pyrrole nitrogens is 1. The Labute approximate surface area is 155 Å². The van der Waals surface area contributed by atoms with Gasteiger partial charge in [-0.15, -0.1) is 4.91 Å². The summed E-state index contributed by atoms with van der Waals surface area (Å²) in [6.07, 6.45) is -0.0326. The van der Waals surface area contributed by atoms with Gasteiger partial charge < -0.3 is 14.6 Å². The number of rotatable bonds is 2. The second-order valence-corrected chi connectivity index (χ2v) is 6.98. The van der Waals surface area contributed by atoms with Gasteiger partial charge in [0, 0.05) is 45.6 Å². The predicted octanol–water partition coefficient (Wildman–Crippen LogP) is 3.48. The van der Waals surface area contributed by atoms with Crippen molar-refractivity contribution in [1.29, 1.82) is 0 Å². The minimum atomic E-state index is -0.825. The number of ether oxygens (including phenoxy) is 1. The zero-order chi connectivity index (χ0) is 19.1. The average Bonchev–Trinajstić information content (AvgIpc) is 3.03. The number of amides is 2. The molecule has 2 atom stereocenters. The summed E-state index contributed by atoms with van der Waals surface area (Å²) in [6.45, 7) is 4.97. The molecule has 2 amide bonds. The number of carbonyl (C=O) groups is 2. The van der Waals surface area contributed by atoms with Crippen molar-refractivity contribution in [2.75, 3.05) is 13.1 Å². The third-order valence-corrected chi connectivity index (χ3v) is 4.89. The van der Waals surface area contributed by atoms with Crippen LogP contribution in [0, 0.1) is 4.91 Å². The highest BCUT2D eigenvalue weighted by molar-refractivity contribution is 6.18. The van der Waals surface area contributed by atoms with Crippen LogP contribution in [0.5, 0.6) is 0 Å². The molecule has 1 fully saturated rings. The first kappa shape index (κ1) is 17.4. The van der Waals surface area contributed by atoms with Crippen LogP contribution >= 0.6 is 0 Å². The highest BCUT2D eigenvalue weighted by Crippen LogP contribution is 2.30. The largest absolute Gasteiger partial charge is 0.372 e. The summed E-state index contributed by atoms with van der Waals surface area (Å²) in [4.78, 5) is 40.7. The SMILES string of the molecule is C[C@@H]1CN(C(=O)c2ccc3[nH]c4cccc(C(=O)N=O)c4c3c2)C[C@H](C)O1. The van der Waals surface area contributed by atoms with Gasteiger partial charge in [-0.3, -0.25) is 9.59 Å². The number of fused-ring (bicyclic) bond motifs is 3. The molecule has 4 rings (SSSR count). The van der Waals surface area contributed by atoms with Gasteiger partial charge in [-0.1, -0.05) is 6.07 Å². The number of nitrogens with zero attached hydrogens (tertiary/aromatic N) is 2. The van der Waals surface area contributed by atoms with Crippen molar-refractivity contribution in [1.82, 2.24) is 9.88 Å². The molecule has 0 saturated carbocycles. The van der Waals surface area contributed by atoms with Crippen LogP contribution in [0.3, 0.4) is 0 Å². The number of morpholine rings is 1. The van der Waals surface area contributed by atoms with Crippen LogP contribution in [-0.2, 0) is 4.74 Å². The van der Waals surface area contributed by atoms with Gasteiger partial charge >= 0.3 is 5.91 Å². The normalized spacial score (nSPS) is 20.1. The summed E-state index contributed by atoms with van der Waals surface area (Å²) >= 11 is 0. The molecule has 1 aliphatic rings. The topological polar surface area (TPSA) is 91.8 Å². The van der Waals surface area contributed by atoms with Crippen LogP contribution in [0.2, 0.25) is 0 Å². The van der Waals surface area contributed by atoms with E-state index in [-0.39, 0.29) is 23.7 Å². The Balaban J connectivity index is 1.81. The van der Waals surface area contributed by atoms with E-state index in [9.17, 15) is 14.5 Å². The van der Waals surface area contributed by atoms with Gasteiger partial charge in [0.1, 0.15) is 0 Å². The minimum Gasteiger partial charge on any atom is -0.372 e. The molecular weight excluding hydrogens is 346 g/mol. The van der Waals surface area contributed by atoms with Gasteiger partial charge in [-0.2, -0.15) is 0 Å². The molecule has 7 heteroatoms. The second kappa shape index (κ2) is 6.59. The van der Waals surface area contributed by atoms with Crippen molar-refractivity contribution in [2.24, 2.45) is 5.18 Å². The fourth-order valence-electron chi connectivity index (χ4n) is 3.84. The molecule has 0 bridgehead atoms. The van der Waals surface area contributed by atoms with Crippen molar-refractivity contribution in [2.45, 2.75) is 26.1 Å². The number of nitrogens with one attached hydrogen (secondary N) is 1. The molecule has 2 heterocycles. The summed E-state index contributed by atoms with van der Waals surface area (Å²) in [5, 5.41) is 3.88. The van der Waals surface area contributed by atoms with Gasteiger partial charge in [-0.05, 0) is 44.2 Å². The highest BCUT2D eigenvalue weighted by Gasteiger charge is 2.27. The Hall–Kier alpha value is -3.06. The first-order valence-corrected chi connectivity index (χ1v) is 8.85. The molecule has 7 nitrogen and oxygen atoms in total. The van der Waals surface area contributed by atoms with Crippen molar-refractivity contribution in [3.63, 3.8) is 0 Å². The average molecular weight is 365 g/mol. The van der Waals surface area contributed by atoms with Crippen LogP contribution in [0.15, 0.2) is 41.6 Å². The van der Waals surface area contributed by atoms with Crippen molar-refractivity contribution in [3.05, 3.63) is 52.4 Å². The van der Waals surface area contributed by atoms with E-state index in [0.29, 0.717) is 24.0 Å². The highest BCUT2D eigenvalue weighted by atomic mass is 16.5. The van der Waals surface area contributed by atoms with Gasteiger partial charge in [0.25, 0.3) is 5.91 Å². The molecule has 1 saturated heterocycles. The summed E-state index contributed by atoms with van der Waals surface area (Å²) < 4.78 is 5.70. The number of aromatic amines is 1. The lowest BCUT2D eigenvalue weighted by Gasteiger charge is -2.35. The molecule has 0 unspecified atom stereocenters. The van der Waals surface area contributed by atoms with Gasteiger partial charge in [0.15, 0.2) is 0 Å². The Morgan fingerprint density at radius 3 is 2.56 bits per heavy atom. The zero-order valence-electron chi connectivity index (χ0n) is 15.1. The van der Waals surface area contributed by atoms with Crippen molar-refractivity contribution < 1.29 is 14.3 Å². The standard InChI is InChI=1S/C20H19N3O4/c1-11-9-23(10-12(2)27-11)20(25)13-6-7-16-15(8-13)18-14(19(24)22-26)4-3-5-17(18)21-16/h3-8,11-12,21H,9-10H2,1-2H3/t11-,12+. The van der Waals surface area contributed by atoms with Crippen LogP contribution in [0.25, 0.3) is 21.8 Å². The molecule has 1 aliphatic heterocycles. The third-order valence-electron chi connectivity index (χ3n) is 4.89. The Kier molecular flexibility index (Phi) is 4.24. The lowest BCUT2D eigenvalue weighted by Crippen LogP contribution is -2.48. The molecule has 0 spiro atoms. The molecule has 1 N–H and O–H groups in total. The van der Waals surface area contributed by atoms with Gasteiger partial charge in [0.05, 0.1) is 17.8 Å². The Morgan fingerprint density at radius 1 is 1.11 bits per heavy atom. The molecule has 27 heavy (non-hydrogen) atoms. The van der Waals surface area contributed by atoms with Crippen LogP contribution in [0.1, 0.15) is 34.6 Å². The Morgan fingerprint density at radius 2 is 1.85 bits per heavy atom. The number of hydrogen-bond acceptors (Lipinski definition) is 4. The molecule has 0 radical (unpaired) electrons.